The normalized spacial score (nSPS) is 12.2. The van der Waals surface area contributed by atoms with Crippen molar-refractivity contribution in [3.8, 4) is 11.5 Å². The zero-order valence-corrected chi connectivity index (χ0v) is 13.6. The number of halogens is 2. The average Bonchev–Trinajstić information content (AvgIpc) is 2.44. The van der Waals surface area contributed by atoms with Crippen LogP contribution in [0.4, 0.5) is 0 Å². The van der Waals surface area contributed by atoms with Gasteiger partial charge in [-0.15, -0.1) is 0 Å². The standard InChI is InChI=1S/C16H17BrClNO/c1-2-13(19)9-11-3-8-16(15(17)10-11)20-14-6-4-12(18)5-7-14/h3-8,10,13H,2,9,19H2,1H3. The Kier molecular flexibility index (Phi) is 5.46. The molecule has 0 aliphatic carbocycles. The molecule has 4 heteroatoms. The minimum absolute atomic E-state index is 0.199. The lowest BCUT2D eigenvalue weighted by molar-refractivity contribution is 0.479. The van der Waals surface area contributed by atoms with Gasteiger partial charge in [0, 0.05) is 11.1 Å². The predicted molar refractivity (Wildman–Crippen MR) is 87.6 cm³/mol. The number of benzene rings is 2. The van der Waals surface area contributed by atoms with E-state index in [9.17, 15) is 0 Å². The second kappa shape index (κ2) is 7.11. The molecule has 2 aromatic carbocycles. The average molecular weight is 355 g/mol. The van der Waals surface area contributed by atoms with Crippen LogP contribution < -0.4 is 10.5 Å². The highest BCUT2D eigenvalue weighted by molar-refractivity contribution is 9.10. The SMILES string of the molecule is CCC(N)Cc1ccc(Oc2ccc(Cl)cc2)c(Br)c1. The minimum atomic E-state index is 0.199. The predicted octanol–water partition coefficient (Wildman–Crippen LogP) is 5.17. The van der Waals surface area contributed by atoms with Crippen LogP contribution in [0, 0.1) is 0 Å². The van der Waals surface area contributed by atoms with E-state index in [1.807, 2.05) is 24.3 Å². The van der Waals surface area contributed by atoms with Gasteiger partial charge in [-0.2, -0.15) is 0 Å². The largest absolute Gasteiger partial charge is 0.456 e. The second-order valence-electron chi connectivity index (χ2n) is 4.69. The Morgan fingerprint density at radius 3 is 2.50 bits per heavy atom. The molecule has 0 heterocycles. The lowest BCUT2D eigenvalue weighted by Crippen LogP contribution is -2.21. The Hall–Kier alpha value is -1.03. The first kappa shape index (κ1) is 15.4. The van der Waals surface area contributed by atoms with Gasteiger partial charge in [0.15, 0.2) is 0 Å². The van der Waals surface area contributed by atoms with Gasteiger partial charge in [0.2, 0.25) is 0 Å². The fourth-order valence-electron chi connectivity index (χ4n) is 1.83. The zero-order chi connectivity index (χ0) is 14.5. The molecule has 0 aliphatic rings. The van der Waals surface area contributed by atoms with Gasteiger partial charge >= 0.3 is 0 Å². The maximum atomic E-state index is 5.97. The van der Waals surface area contributed by atoms with Gasteiger partial charge in [0.25, 0.3) is 0 Å². The Balaban J connectivity index is 2.11. The van der Waals surface area contributed by atoms with E-state index < -0.39 is 0 Å². The van der Waals surface area contributed by atoms with Crippen LogP contribution in [0.5, 0.6) is 11.5 Å². The van der Waals surface area contributed by atoms with Crippen LogP contribution in [0.15, 0.2) is 46.9 Å². The molecule has 0 saturated heterocycles. The highest BCUT2D eigenvalue weighted by atomic mass is 79.9. The van der Waals surface area contributed by atoms with E-state index in [1.165, 1.54) is 5.56 Å². The summed E-state index contributed by atoms with van der Waals surface area (Å²) in [6, 6.07) is 13.6. The molecule has 0 spiro atoms. The van der Waals surface area contributed by atoms with Crippen LogP contribution in [0.1, 0.15) is 18.9 Å². The third kappa shape index (κ3) is 4.23. The van der Waals surface area contributed by atoms with Crippen LogP contribution in [0.25, 0.3) is 0 Å². The zero-order valence-electron chi connectivity index (χ0n) is 11.3. The van der Waals surface area contributed by atoms with Crippen LogP contribution in [-0.4, -0.2) is 6.04 Å². The van der Waals surface area contributed by atoms with E-state index in [0.29, 0.717) is 5.02 Å². The molecule has 2 rings (SSSR count). The summed E-state index contributed by atoms with van der Waals surface area (Å²) in [6.07, 6.45) is 1.84. The molecule has 0 aromatic heterocycles. The van der Waals surface area contributed by atoms with Gasteiger partial charge in [0.05, 0.1) is 4.47 Å². The van der Waals surface area contributed by atoms with Crippen LogP contribution in [0.3, 0.4) is 0 Å². The van der Waals surface area contributed by atoms with Crippen molar-refractivity contribution >= 4 is 27.5 Å². The number of hydrogen-bond donors (Lipinski definition) is 1. The van der Waals surface area contributed by atoms with Crippen molar-refractivity contribution < 1.29 is 4.74 Å². The monoisotopic (exact) mass is 353 g/mol. The Labute approximate surface area is 133 Å². The quantitative estimate of drug-likeness (QED) is 0.803. The van der Waals surface area contributed by atoms with Gasteiger partial charge in [-0.1, -0.05) is 24.6 Å². The third-order valence-corrected chi connectivity index (χ3v) is 3.93. The summed E-state index contributed by atoms with van der Waals surface area (Å²) in [5.41, 5.74) is 7.18. The van der Waals surface area contributed by atoms with E-state index in [2.05, 4.69) is 28.9 Å². The molecule has 20 heavy (non-hydrogen) atoms. The van der Waals surface area contributed by atoms with Crippen LogP contribution in [0.2, 0.25) is 5.02 Å². The molecule has 1 unspecified atom stereocenters. The lowest BCUT2D eigenvalue weighted by Gasteiger charge is -2.12. The van der Waals surface area contributed by atoms with Crippen molar-refractivity contribution in [2.24, 2.45) is 5.73 Å². The van der Waals surface area contributed by atoms with Gasteiger partial charge in [-0.3, -0.25) is 0 Å². The van der Waals surface area contributed by atoms with Gasteiger partial charge < -0.3 is 10.5 Å². The van der Waals surface area contributed by atoms with Crippen molar-refractivity contribution in [1.29, 1.82) is 0 Å². The third-order valence-electron chi connectivity index (χ3n) is 3.06. The van der Waals surface area contributed by atoms with Gasteiger partial charge in [-0.05, 0) is 70.7 Å². The first-order valence-corrected chi connectivity index (χ1v) is 7.73. The minimum Gasteiger partial charge on any atom is -0.456 e. The lowest BCUT2D eigenvalue weighted by atomic mass is 10.0. The molecule has 0 aliphatic heterocycles. The Morgan fingerprint density at radius 2 is 1.90 bits per heavy atom. The molecular weight excluding hydrogens is 338 g/mol. The highest BCUT2D eigenvalue weighted by Gasteiger charge is 2.07. The smallest absolute Gasteiger partial charge is 0.141 e. The molecule has 0 fully saturated rings. The Bertz CT molecular complexity index is 571. The van der Waals surface area contributed by atoms with Crippen LogP contribution >= 0.6 is 27.5 Å². The van der Waals surface area contributed by atoms with E-state index in [1.54, 1.807) is 12.1 Å². The van der Waals surface area contributed by atoms with E-state index >= 15 is 0 Å². The summed E-state index contributed by atoms with van der Waals surface area (Å²) in [7, 11) is 0. The maximum absolute atomic E-state index is 5.97. The molecule has 0 bridgehead atoms. The van der Waals surface area contributed by atoms with Crippen molar-refractivity contribution in [3.63, 3.8) is 0 Å². The van der Waals surface area contributed by atoms with Crippen molar-refractivity contribution in [2.75, 3.05) is 0 Å². The molecule has 2 aromatic rings. The first-order chi connectivity index (χ1) is 9.58. The second-order valence-corrected chi connectivity index (χ2v) is 5.98. The summed E-state index contributed by atoms with van der Waals surface area (Å²) in [4.78, 5) is 0. The molecule has 0 saturated carbocycles. The van der Waals surface area contributed by atoms with Gasteiger partial charge in [0.1, 0.15) is 11.5 Å². The topological polar surface area (TPSA) is 35.2 Å². The molecule has 106 valence electrons. The molecule has 1 atom stereocenters. The molecule has 2 N–H and O–H groups in total. The number of ether oxygens (including phenoxy) is 1. The molecule has 0 amide bonds. The fourth-order valence-corrected chi connectivity index (χ4v) is 2.46. The summed E-state index contributed by atoms with van der Waals surface area (Å²) in [5, 5.41) is 0.695. The fraction of sp³-hybridized carbons (Fsp3) is 0.250. The summed E-state index contributed by atoms with van der Waals surface area (Å²) in [6.45, 7) is 2.09. The summed E-state index contributed by atoms with van der Waals surface area (Å²) >= 11 is 9.39. The number of rotatable bonds is 5. The number of nitrogens with two attached hydrogens (primary N) is 1. The highest BCUT2D eigenvalue weighted by Crippen LogP contribution is 2.31. The first-order valence-electron chi connectivity index (χ1n) is 6.56. The maximum Gasteiger partial charge on any atom is 0.141 e. The molecule has 0 radical (unpaired) electrons. The summed E-state index contributed by atoms with van der Waals surface area (Å²) < 4.78 is 6.74. The summed E-state index contributed by atoms with van der Waals surface area (Å²) in [5.74, 6) is 1.54. The van der Waals surface area contributed by atoms with Crippen molar-refractivity contribution in [3.05, 3.63) is 57.5 Å². The van der Waals surface area contributed by atoms with Crippen molar-refractivity contribution in [2.45, 2.75) is 25.8 Å². The number of hydrogen-bond acceptors (Lipinski definition) is 2. The van der Waals surface area contributed by atoms with Gasteiger partial charge in [-0.25, -0.2) is 0 Å². The Morgan fingerprint density at radius 1 is 1.20 bits per heavy atom. The van der Waals surface area contributed by atoms with E-state index in [0.717, 1.165) is 28.8 Å². The van der Waals surface area contributed by atoms with Crippen LogP contribution in [-0.2, 0) is 6.42 Å². The molecule has 2 nitrogen and oxygen atoms in total. The van der Waals surface area contributed by atoms with Crippen molar-refractivity contribution in [1.82, 2.24) is 0 Å². The van der Waals surface area contributed by atoms with E-state index in [4.69, 9.17) is 22.1 Å². The molecular formula is C16H17BrClNO. The van der Waals surface area contributed by atoms with E-state index in [-0.39, 0.29) is 6.04 Å².